The zero-order valence-electron chi connectivity index (χ0n) is 13.9. The van der Waals surface area contributed by atoms with E-state index in [2.05, 4.69) is 10.1 Å². The molecule has 4 atom stereocenters. The molecule has 2 fully saturated rings. The normalized spacial score (nSPS) is 28.6. The lowest BCUT2D eigenvalue weighted by Crippen LogP contribution is -2.39. The first-order chi connectivity index (χ1) is 12.7. The molecular formula is C18H15F3N2O4. The van der Waals surface area contributed by atoms with E-state index in [1.807, 2.05) is 12.2 Å². The highest BCUT2D eigenvalue weighted by Gasteiger charge is 2.59. The van der Waals surface area contributed by atoms with E-state index >= 15 is 0 Å². The van der Waals surface area contributed by atoms with E-state index in [9.17, 15) is 27.6 Å². The van der Waals surface area contributed by atoms with Crippen LogP contribution in [0.15, 0.2) is 36.4 Å². The fourth-order valence-electron chi connectivity index (χ4n) is 4.20. The summed E-state index contributed by atoms with van der Waals surface area (Å²) >= 11 is 0. The third-order valence-corrected chi connectivity index (χ3v) is 5.24. The van der Waals surface area contributed by atoms with E-state index in [0.717, 1.165) is 23.5 Å². The number of amides is 3. The van der Waals surface area contributed by atoms with E-state index in [1.165, 1.54) is 12.1 Å². The van der Waals surface area contributed by atoms with Gasteiger partial charge in [-0.25, -0.2) is 0 Å². The molecule has 1 saturated heterocycles. The van der Waals surface area contributed by atoms with Crippen LogP contribution < -0.4 is 10.1 Å². The first-order valence-electron chi connectivity index (χ1n) is 8.42. The van der Waals surface area contributed by atoms with Crippen molar-refractivity contribution >= 4 is 23.4 Å². The monoisotopic (exact) mass is 380 g/mol. The van der Waals surface area contributed by atoms with Crippen LogP contribution in [0.25, 0.3) is 0 Å². The number of halogens is 3. The maximum Gasteiger partial charge on any atom is 0.573 e. The fourth-order valence-corrected chi connectivity index (χ4v) is 4.20. The fraction of sp³-hybridized carbons (Fsp3) is 0.389. The summed E-state index contributed by atoms with van der Waals surface area (Å²) in [5.41, 5.74) is 0.232. The minimum Gasteiger partial charge on any atom is -0.406 e. The van der Waals surface area contributed by atoms with Gasteiger partial charge in [-0.1, -0.05) is 12.2 Å². The van der Waals surface area contributed by atoms with E-state index in [0.29, 0.717) is 0 Å². The number of ether oxygens (including phenoxy) is 1. The summed E-state index contributed by atoms with van der Waals surface area (Å²) in [6.07, 6.45) is -0.0664. The van der Waals surface area contributed by atoms with Crippen molar-refractivity contribution in [2.45, 2.75) is 12.8 Å². The minimum absolute atomic E-state index is 0.0608. The maximum absolute atomic E-state index is 12.5. The molecule has 2 bridgehead atoms. The van der Waals surface area contributed by atoms with Gasteiger partial charge in [-0.2, -0.15) is 0 Å². The van der Waals surface area contributed by atoms with Crippen LogP contribution in [0.2, 0.25) is 0 Å². The zero-order chi connectivity index (χ0) is 19.3. The summed E-state index contributed by atoms with van der Waals surface area (Å²) in [6.45, 7) is -0.412. The molecule has 0 unspecified atom stereocenters. The van der Waals surface area contributed by atoms with Crippen LogP contribution in [0.1, 0.15) is 6.42 Å². The SMILES string of the molecule is O=C(CN1C(=O)[C@@H]2[C@@H](C1=O)[C@H]1C=C[C@@H]2C1)Nc1ccc(OC(F)(F)F)cc1. The van der Waals surface area contributed by atoms with E-state index in [-0.39, 0.29) is 41.2 Å². The van der Waals surface area contributed by atoms with Crippen molar-refractivity contribution < 1.29 is 32.3 Å². The van der Waals surface area contributed by atoms with Crippen LogP contribution in [0.5, 0.6) is 5.75 Å². The van der Waals surface area contributed by atoms with E-state index in [4.69, 9.17) is 0 Å². The molecule has 27 heavy (non-hydrogen) atoms. The van der Waals surface area contributed by atoms with Crippen LogP contribution in [0.3, 0.4) is 0 Å². The van der Waals surface area contributed by atoms with Crippen molar-refractivity contribution in [3.63, 3.8) is 0 Å². The number of rotatable bonds is 4. The molecule has 2 aliphatic carbocycles. The number of imide groups is 1. The molecule has 1 saturated carbocycles. The van der Waals surface area contributed by atoms with Gasteiger partial charge in [-0.15, -0.1) is 13.2 Å². The Morgan fingerprint density at radius 1 is 1.07 bits per heavy atom. The Hall–Kier alpha value is -2.84. The molecule has 1 aromatic rings. The lowest BCUT2D eigenvalue weighted by molar-refractivity contribution is -0.274. The maximum atomic E-state index is 12.5. The second-order valence-electron chi connectivity index (χ2n) is 6.88. The predicted molar refractivity (Wildman–Crippen MR) is 86.2 cm³/mol. The molecule has 4 rings (SSSR count). The molecular weight excluding hydrogens is 365 g/mol. The molecule has 1 aliphatic heterocycles. The van der Waals surface area contributed by atoms with Crippen molar-refractivity contribution in [2.24, 2.45) is 23.7 Å². The van der Waals surface area contributed by atoms with Gasteiger partial charge < -0.3 is 10.1 Å². The van der Waals surface area contributed by atoms with Gasteiger partial charge in [-0.05, 0) is 42.5 Å². The van der Waals surface area contributed by atoms with Crippen molar-refractivity contribution in [2.75, 3.05) is 11.9 Å². The van der Waals surface area contributed by atoms with Crippen LogP contribution in [0, 0.1) is 23.7 Å². The number of benzene rings is 1. The highest BCUT2D eigenvalue weighted by atomic mass is 19.4. The van der Waals surface area contributed by atoms with Gasteiger partial charge in [0.1, 0.15) is 12.3 Å². The Labute approximate surface area is 152 Å². The van der Waals surface area contributed by atoms with Gasteiger partial charge in [0.05, 0.1) is 11.8 Å². The Morgan fingerprint density at radius 2 is 1.63 bits per heavy atom. The summed E-state index contributed by atoms with van der Waals surface area (Å²) in [6, 6.07) is 4.60. The molecule has 0 spiro atoms. The van der Waals surface area contributed by atoms with Gasteiger partial charge in [0.25, 0.3) is 0 Å². The second kappa shape index (κ2) is 6.11. The van der Waals surface area contributed by atoms with Gasteiger partial charge in [0.2, 0.25) is 17.7 Å². The summed E-state index contributed by atoms with van der Waals surface area (Å²) < 4.78 is 40.2. The van der Waals surface area contributed by atoms with Gasteiger partial charge in [0, 0.05) is 5.69 Å². The van der Waals surface area contributed by atoms with Crippen LogP contribution in [-0.4, -0.2) is 35.5 Å². The van der Waals surface area contributed by atoms with Gasteiger partial charge in [-0.3, -0.25) is 19.3 Å². The van der Waals surface area contributed by atoms with Gasteiger partial charge >= 0.3 is 6.36 Å². The number of allylic oxidation sites excluding steroid dienone is 2. The van der Waals surface area contributed by atoms with Crippen molar-refractivity contribution in [1.82, 2.24) is 4.90 Å². The number of carbonyl (C=O) groups excluding carboxylic acids is 3. The number of likely N-dealkylation sites (tertiary alicyclic amines) is 1. The number of fused-ring (bicyclic) bond motifs is 5. The molecule has 3 aliphatic rings. The first kappa shape index (κ1) is 17.6. The lowest BCUT2D eigenvalue weighted by Gasteiger charge is -2.17. The van der Waals surface area contributed by atoms with E-state index in [1.54, 1.807) is 0 Å². The predicted octanol–water partition coefficient (Wildman–Crippen LogP) is 2.33. The van der Waals surface area contributed by atoms with Crippen LogP contribution in [-0.2, 0) is 14.4 Å². The second-order valence-corrected chi connectivity index (χ2v) is 6.88. The zero-order valence-corrected chi connectivity index (χ0v) is 13.9. The Morgan fingerprint density at radius 3 is 2.15 bits per heavy atom. The first-order valence-corrected chi connectivity index (χ1v) is 8.42. The average Bonchev–Trinajstić information content (AvgIpc) is 3.25. The number of anilines is 1. The third-order valence-electron chi connectivity index (χ3n) is 5.24. The smallest absolute Gasteiger partial charge is 0.406 e. The average molecular weight is 380 g/mol. The van der Waals surface area contributed by atoms with Crippen molar-refractivity contribution in [1.29, 1.82) is 0 Å². The number of alkyl halides is 3. The largest absolute Gasteiger partial charge is 0.573 e. The lowest BCUT2D eigenvalue weighted by atomic mass is 9.85. The molecule has 3 amide bonds. The molecule has 0 radical (unpaired) electrons. The molecule has 9 heteroatoms. The third kappa shape index (κ3) is 3.17. The van der Waals surface area contributed by atoms with E-state index < -0.39 is 24.6 Å². The number of hydrogen-bond donors (Lipinski definition) is 1. The number of hydrogen-bond acceptors (Lipinski definition) is 4. The Balaban J connectivity index is 1.37. The number of carbonyl (C=O) groups is 3. The summed E-state index contributed by atoms with van der Waals surface area (Å²) in [5, 5.41) is 2.47. The molecule has 6 nitrogen and oxygen atoms in total. The van der Waals surface area contributed by atoms with Crippen molar-refractivity contribution in [3.05, 3.63) is 36.4 Å². The summed E-state index contributed by atoms with van der Waals surface area (Å²) in [5.74, 6) is -2.30. The Kier molecular flexibility index (Phi) is 3.97. The molecule has 1 N–H and O–H groups in total. The highest BCUT2D eigenvalue weighted by molar-refractivity contribution is 6.09. The molecule has 142 valence electrons. The molecule has 1 heterocycles. The topological polar surface area (TPSA) is 75.7 Å². The van der Waals surface area contributed by atoms with Crippen LogP contribution >= 0.6 is 0 Å². The minimum atomic E-state index is -4.80. The summed E-state index contributed by atoms with van der Waals surface area (Å²) in [7, 11) is 0. The molecule has 1 aromatic carbocycles. The Bertz CT molecular complexity index is 804. The number of nitrogens with one attached hydrogen (secondary N) is 1. The van der Waals surface area contributed by atoms with Gasteiger partial charge in [0.15, 0.2) is 0 Å². The quantitative estimate of drug-likeness (QED) is 0.643. The highest BCUT2D eigenvalue weighted by Crippen LogP contribution is 2.52. The molecule has 0 aromatic heterocycles. The van der Waals surface area contributed by atoms with Crippen LogP contribution in [0.4, 0.5) is 18.9 Å². The summed E-state index contributed by atoms with van der Waals surface area (Å²) in [4.78, 5) is 38.2. The standard InChI is InChI=1S/C18H15F3N2O4/c19-18(20,21)27-12-5-3-11(4-6-12)22-13(24)8-23-16(25)14-9-1-2-10(7-9)15(14)17(23)26/h1-6,9-10,14-15H,7-8H2,(H,22,24)/t9-,10+,14-,15-/m0/s1. The van der Waals surface area contributed by atoms with Crippen molar-refractivity contribution in [3.8, 4) is 5.75 Å². The number of nitrogens with zero attached hydrogens (tertiary/aromatic N) is 1.